The normalized spacial score (nSPS) is 14.1. The molecular formula is C9H16N2O6. The molecule has 0 saturated heterocycles. The first kappa shape index (κ1) is 15.3. The van der Waals surface area contributed by atoms with Crippen LogP contribution >= 0.6 is 0 Å². The predicted molar refractivity (Wildman–Crippen MR) is 55.7 cm³/mol. The lowest BCUT2D eigenvalue weighted by Crippen LogP contribution is -2.46. The minimum absolute atomic E-state index is 0.152. The SMILES string of the molecule is CC(C)[C@H](N)C(=O)NO[C@@H](CC(=O)O)C(=O)O. The van der Waals surface area contributed by atoms with Crippen molar-refractivity contribution in [3.63, 3.8) is 0 Å². The number of carbonyl (C=O) groups is 3. The van der Waals surface area contributed by atoms with Crippen molar-refractivity contribution < 1.29 is 29.4 Å². The number of rotatable bonds is 7. The highest BCUT2D eigenvalue weighted by molar-refractivity contribution is 5.82. The zero-order valence-corrected chi connectivity index (χ0v) is 9.54. The molecule has 0 saturated carbocycles. The van der Waals surface area contributed by atoms with Gasteiger partial charge >= 0.3 is 11.9 Å². The molecule has 0 aliphatic heterocycles. The van der Waals surface area contributed by atoms with Crippen molar-refractivity contribution >= 4 is 17.8 Å². The molecule has 98 valence electrons. The molecule has 0 spiro atoms. The molecule has 0 aliphatic rings. The Labute approximate surface area is 97.7 Å². The first-order chi connectivity index (χ1) is 7.75. The van der Waals surface area contributed by atoms with E-state index in [0.29, 0.717) is 0 Å². The van der Waals surface area contributed by atoms with Gasteiger partial charge in [0.1, 0.15) is 0 Å². The molecule has 8 nitrogen and oxygen atoms in total. The molecule has 0 heterocycles. The summed E-state index contributed by atoms with van der Waals surface area (Å²) in [4.78, 5) is 36.7. The van der Waals surface area contributed by atoms with Crippen LogP contribution in [0.4, 0.5) is 0 Å². The number of carboxylic acids is 2. The molecule has 0 fully saturated rings. The van der Waals surface area contributed by atoms with Gasteiger partial charge in [0.2, 0.25) is 0 Å². The van der Waals surface area contributed by atoms with Crippen molar-refractivity contribution in [2.24, 2.45) is 11.7 Å². The fourth-order valence-electron chi connectivity index (χ4n) is 0.838. The summed E-state index contributed by atoms with van der Waals surface area (Å²) in [6.45, 7) is 3.41. The van der Waals surface area contributed by atoms with Gasteiger partial charge in [0.25, 0.3) is 5.91 Å². The summed E-state index contributed by atoms with van der Waals surface area (Å²) in [6.07, 6.45) is -2.40. The van der Waals surface area contributed by atoms with E-state index in [2.05, 4.69) is 4.84 Å². The van der Waals surface area contributed by atoms with Crippen molar-refractivity contribution in [1.82, 2.24) is 5.48 Å². The highest BCUT2D eigenvalue weighted by atomic mass is 16.7. The van der Waals surface area contributed by atoms with E-state index in [0.717, 1.165) is 0 Å². The molecular weight excluding hydrogens is 232 g/mol. The lowest BCUT2D eigenvalue weighted by molar-refractivity contribution is -0.166. The fourth-order valence-corrected chi connectivity index (χ4v) is 0.838. The Morgan fingerprint density at radius 1 is 1.29 bits per heavy atom. The standard InChI is InChI=1S/C9H16N2O6/c1-4(2)7(10)8(14)11-17-5(9(15)16)3-6(12)13/h4-5,7H,3,10H2,1-2H3,(H,11,14)(H,12,13)(H,15,16)/t5-,7-/m0/s1. The summed E-state index contributed by atoms with van der Waals surface area (Å²) in [5.41, 5.74) is 7.31. The predicted octanol–water partition coefficient (Wildman–Crippen LogP) is -1.05. The van der Waals surface area contributed by atoms with E-state index in [4.69, 9.17) is 15.9 Å². The van der Waals surface area contributed by atoms with Crippen LogP contribution in [-0.2, 0) is 19.2 Å². The second-order valence-electron chi connectivity index (χ2n) is 3.78. The average Bonchev–Trinajstić information content (AvgIpc) is 2.21. The summed E-state index contributed by atoms with van der Waals surface area (Å²) >= 11 is 0. The molecule has 0 aliphatic carbocycles. The average molecular weight is 248 g/mol. The van der Waals surface area contributed by atoms with E-state index in [1.54, 1.807) is 13.8 Å². The Bertz CT molecular complexity index is 304. The lowest BCUT2D eigenvalue weighted by Gasteiger charge is -2.17. The number of carbonyl (C=O) groups excluding carboxylic acids is 1. The molecule has 5 N–H and O–H groups in total. The molecule has 0 rings (SSSR count). The molecule has 17 heavy (non-hydrogen) atoms. The van der Waals surface area contributed by atoms with E-state index in [1.807, 2.05) is 5.48 Å². The maximum absolute atomic E-state index is 11.3. The molecule has 2 atom stereocenters. The van der Waals surface area contributed by atoms with Crippen molar-refractivity contribution in [3.05, 3.63) is 0 Å². The van der Waals surface area contributed by atoms with Crippen LogP contribution in [0, 0.1) is 5.92 Å². The first-order valence-electron chi connectivity index (χ1n) is 4.91. The number of amides is 1. The van der Waals surface area contributed by atoms with Crippen LogP contribution in [0.2, 0.25) is 0 Å². The second-order valence-corrected chi connectivity index (χ2v) is 3.78. The summed E-state index contributed by atoms with van der Waals surface area (Å²) in [5, 5.41) is 17.0. The Morgan fingerprint density at radius 2 is 1.82 bits per heavy atom. The Morgan fingerprint density at radius 3 is 2.18 bits per heavy atom. The van der Waals surface area contributed by atoms with Gasteiger partial charge < -0.3 is 15.9 Å². The highest BCUT2D eigenvalue weighted by Crippen LogP contribution is 2.00. The van der Waals surface area contributed by atoms with Crippen molar-refractivity contribution in [2.45, 2.75) is 32.4 Å². The molecule has 8 heteroatoms. The molecule has 0 aromatic heterocycles. The first-order valence-corrected chi connectivity index (χ1v) is 4.91. The third kappa shape index (κ3) is 5.83. The largest absolute Gasteiger partial charge is 0.481 e. The van der Waals surface area contributed by atoms with Gasteiger partial charge in [-0.3, -0.25) is 14.4 Å². The molecule has 0 bridgehead atoms. The number of nitrogens with one attached hydrogen (secondary N) is 1. The molecule has 0 unspecified atom stereocenters. The number of aliphatic carboxylic acids is 2. The Hall–Kier alpha value is -1.67. The maximum atomic E-state index is 11.3. The summed E-state index contributed by atoms with van der Waals surface area (Å²) < 4.78 is 0. The third-order valence-electron chi connectivity index (χ3n) is 1.96. The van der Waals surface area contributed by atoms with Crippen molar-refractivity contribution in [1.29, 1.82) is 0 Å². The van der Waals surface area contributed by atoms with Crippen molar-refractivity contribution in [3.8, 4) is 0 Å². The Kier molecular flexibility index (Phi) is 6.15. The van der Waals surface area contributed by atoms with Gasteiger partial charge in [-0.05, 0) is 5.92 Å². The smallest absolute Gasteiger partial charge is 0.336 e. The van der Waals surface area contributed by atoms with E-state index >= 15 is 0 Å². The van der Waals surface area contributed by atoms with Gasteiger partial charge in [-0.25, -0.2) is 10.3 Å². The zero-order chi connectivity index (χ0) is 13.6. The molecule has 0 aromatic carbocycles. The van der Waals surface area contributed by atoms with Crippen LogP contribution in [-0.4, -0.2) is 40.2 Å². The molecule has 0 radical (unpaired) electrons. The quantitative estimate of drug-likeness (QED) is 0.421. The van der Waals surface area contributed by atoms with Crippen LogP contribution in [0.3, 0.4) is 0 Å². The van der Waals surface area contributed by atoms with Crippen LogP contribution in [0.15, 0.2) is 0 Å². The summed E-state index contributed by atoms with van der Waals surface area (Å²) in [6, 6.07) is -0.853. The molecule has 1 amide bonds. The summed E-state index contributed by atoms with van der Waals surface area (Å²) in [7, 11) is 0. The second kappa shape index (κ2) is 6.81. The van der Waals surface area contributed by atoms with Gasteiger partial charge in [0.15, 0.2) is 6.10 Å². The maximum Gasteiger partial charge on any atom is 0.336 e. The highest BCUT2D eigenvalue weighted by Gasteiger charge is 2.25. The topological polar surface area (TPSA) is 139 Å². The summed E-state index contributed by atoms with van der Waals surface area (Å²) in [5.74, 6) is -3.68. The number of carboxylic acid groups (broad SMARTS) is 2. The fraction of sp³-hybridized carbons (Fsp3) is 0.667. The van der Waals surface area contributed by atoms with E-state index in [-0.39, 0.29) is 5.92 Å². The van der Waals surface area contributed by atoms with Crippen LogP contribution in [0.1, 0.15) is 20.3 Å². The van der Waals surface area contributed by atoms with Gasteiger partial charge in [-0.2, -0.15) is 0 Å². The van der Waals surface area contributed by atoms with E-state index < -0.39 is 36.4 Å². The molecule has 0 aromatic rings. The number of hydrogen-bond acceptors (Lipinski definition) is 5. The Balaban J connectivity index is 4.26. The monoisotopic (exact) mass is 248 g/mol. The van der Waals surface area contributed by atoms with Gasteiger partial charge in [0, 0.05) is 0 Å². The van der Waals surface area contributed by atoms with Crippen LogP contribution < -0.4 is 11.2 Å². The minimum Gasteiger partial charge on any atom is -0.481 e. The third-order valence-corrected chi connectivity index (χ3v) is 1.96. The van der Waals surface area contributed by atoms with Gasteiger partial charge in [-0.1, -0.05) is 13.8 Å². The lowest BCUT2D eigenvalue weighted by atomic mass is 10.1. The van der Waals surface area contributed by atoms with Gasteiger partial charge in [0.05, 0.1) is 12.5 Å². The number of nitrogens with two attached hydrogens (primary N) is 1. The van der Waals surface area contributed by atoms with Crippen LogP contribution in [0.25, 0.3) is 0 Å². The number of hydroxylamine groups is 1. The van der Waals surface area contributed by atoms with E-state index in [9.17, 15) is 14.4 Å². The zero-order valence-electron chi connectivity index (χ0n) is 9.54. The minimum atomic E-state index is -1.64. The van der Waals surface area contributed by atoms with Crippen molar-refractivity contribution in [2.75, 3.05) is 0 Å². The van der Waals surface area contributed by atoms with Crippen LogP contribution in [0.5, 0.6) is 0 Å². The van der Waals surface area contributed by atoms with E-state index in [1.165, 1.54) is 0 Å². The number of hydrogen-bond donors (Lipinski definition) is 4. The van der Waals surface area contributed by atoms with Gasteiger partial charge in [-0.15, -0.1) is 0 Å².